The summed E-state index contributed by atoms with van der Waals surface area (Å²) < 4.78 is 44.6. The van der Waals surface area contributed by atoms with Gasteiger partial charge in [-0.05, 0) is 43.3 Å². The fraction of sp³-hybridized carbons (Fsp3) is 0.368. The third-order valence-electron chi connectivity index (χ3n) is 4.17. The Labute approximate surface area is 155 Å². The summed E-state index contributed by atoms with van der Waals surface area (Å²) in [6.45, 7) is 2.19. The zero-order valence-electron chi connectivity index (χ0n) is 15.0. The molecule has 0 saturated heterocycles. The number of alkyl halides is 3. The molecule has 1 aliphatic rings. The molecule has 0 aliphatic heterocycles. The van der Waals surface area contributed by atoms with Crippen LogP contribution >= 0.6 is 0 Å². The fourth-order valence-corrected chi connectivity index (χ4v) is 2.20. The Morgan fingerprint density at radius 2 is 2.04 bits per heavy atom. The molecule has 0 heterocycles. The van der Waals surface area contributed by atoms with Crippen molar-refractivity contribution in [2.24, 2.45) is 5.41 Å². The van der Waals surface area contributed by atoms with Crippen molar-refractivity contribution >= 4 is 12.2 Å². The predicted molar refractivity (Wildman–Crippen MR) is 94.1 cm³/mol. The summed E-state index contributed by atoms with van der Waals surface area (Å²) in [5, 5.41) is 5.19. The first kappa shape index (κ1) is 20.5. The van der Waals surface area contributed by atoms with Crippen molar-refractivity contribution in [2.45, 2.75) is 25.9 Å². The molecule has 1 saturated carbocycles. The zero-order valence-corrected chi connectivity index (χ0v) is 15.0. The molecule has 5 nitrogen and oxygen atoms in total. The maximum Gasteiger partial charge on any atom is 0.416 e. The van der Waals surface area contributed by atoms with Crippen molar-refractivity contribution in [2.75, 3.05) is 13.7 Å². The van der Waals surface area contributed by atoms with Crippen molar-refractivity contribution in [1.82, 2.24) is 10.6 Å². The van der Waals surface area contributed by atoms with E-state index in [0.717, 1.165) is 37.1 Å². The molecule has 2 rings (SSSR count). The van der Waals surface area contributed by atoms with Gasteiger partial charge in [0.1, 0.15) is 12.0 Å². The van der Waals surface area contributed by atoms with Gasteiger partial charge < -0.3 is 15.4 Å². The third-order valence-corrected chi connectivity index (χ3v) is 4.17. The second-order valence-electron chi connectivity index (χ2n) is 6.64. The SMILES string of the molecule is CN/C=C\C(=C/C=O)NC(=O)c1ccc(C(F)(F)F)cc1OCC1(C)CC1. The first-order valence-electron chi connectivity index (χ1n) is 8.33. The van der Waals surface area contributed by atoms with Gasteiger partial charge in [-0.15, -0.1) is 0 Å². The molecule has 146 valence electrons. The van der Waals surface area contributed by atoms with Crippen LogP contribution in [0.15, 0.2) is 42.2 Å². The smallest absolute Gasteiger partial charge is 0.416 e. The summed E-state index contributed by atoms with van der Waals surface area (Å²) >= 11 is 0. The molecule has 8 heteroatoms. The first-order chi connectivity index (χ1) is 12.7. The number of hydrogen-bond donors (Lipinski definition) is 2. The maximum atomic E-state index is 13.0. The Bertz CT molecular complexity index is 766. The molecule has 0 aromatic heterocycles. The quantitative estimate of drug-likeness (QED) is 0.411. The van der Waals surface area contributed by atoms with Gasteiger partial charge in [0, 0.05) is 24.2 Å². The minimum Gasteiger partial charge on any atom is -0.492 e. The van der Waals surface area contributed by atoms with E-state index in [2.05, 4.69) is 10.6 Å². The summed E-state index contributed by atoms with van der Waals surface area (Å²) in [4.78, 5) is 23.2. The largest absolute Gasteiger partial charge is 0.492 e. The number of rotatable bonds is 8. The number of carbonyl (C=O) groups excluding carboxylic acids is 2. The summed E-state index contributed by atoms with van der Waals surface area (Å²) in [5.74, 6) is -0.813. The van der Waals surface area contributed by atoms with E-state index in [1.807, 2.05) is 6.92 Å². The minimum absolute atomic E-state index is 0.0399. The Morgan fingerprint density at radius 3 is 2.59 bits per heavy atom. The van der Waals surface area contributed by atoms with Crippen molar-refractivity contribution in [3.05, 3.63) is 53.4 Å². The van der Waals surface area contributed by atoms with E-state index in [4.69, 9.17) is 4.74 Å². The number of halogens is 3. The molecule has 0 radical (unpaired) electrons. The number of amides is 1. The van der Waals surface area contributed by atoms with Crippen LogP contribution in [0.3, 0.4) is 0 Å². The number of nitrogens with one attached hydrogen (secondary N) is 2. The Morgan fingerprint density at radius 1 is 1.33 bits per heavy atom. The average Bonchev–Trinajstić information content (AvgIpc) is 3.34. The van der Waals surface area contributed by atoms with Crippen molar-refractivity contribution in [3.8, 4) is 5.75 Å². The second kappa shape index (κ2) is 8.28. The van der Waals surface area contributed by atoms with Crippen LogP contribution in [0.25, 0.3) is 0 Å². The Balaban J connectivity index is 2.29. The van der Waals surface area contributed by atoms with Crippen LogP contribution in [-0.4, -0.2) is 25.8 Å². The van der Waals surface area contributed by atoms with Gasteiger partial charge in [-0.3, -0.25) is 9.59 Å². The van der Waals surface area contributed by atoms with E-state index in [1.165, 1.54) is 12.3 Å². The lowest BCUT2D eigenvalue weighted by Crippen LogP contribution is -2.24. The molecule has 1 aromatic rings. The van der Waals surface area contributed by atoms with Crippen LogP contribution in [0.1, 0.15) is 35.7 Å². The second-order valence-corrected chi connectivity index (χ2v) is 6.64. The maximum absolute atomic E-state index is 13.0. The van der Waals surface area contributed by atoms with E-state index in [-0.39, 0.29) is 29.0 Å². The van der Waals surface area contributed by atoms with E-state index in [9.17, 15) is 22.8 Å². The summed E-state index contributed by atoms with van der Waals surface area (Å²) in [7, 11) is 1.64. The lowest BCUT2D eigenvalue weighted by atomic mass is 10.1. The molecule has 0 spiro atoms. The van der Waals surface area contributed by atoms with Crippen LogP contribution in [0, 0.1) is 5.41 Å². The van der Waals surface area contributed by atoms with Crippen molar-refractivity contribution in [1.29, 1.82) is 0 Å². The minimum atomic E-state index is -4.55. The van der Waals surface area contributed by atoms with Crippen LogP contribution < -0.4 is 15.4 Å². The highest BCUT2D eigenvalue weighted by atomic mass is 19.4. The van der Waals surface area contributed by atoms with Gasteiger partial charge >= 0.3 is 6.18 Å². The highest BCUT2D eigenvalue weighted by molar-refractivity contribution is 5.98. The number of ether oxygens (including phenoxy) is 1. The average molecular weight is 382 g/mol. The highest BCUT2D eigenvalue weighted by Gasteiger charge is 2.39. The Hall–Kier alpha value is -2.77. The molecule has 27 heavy (non-hydrogen) atoms. The first-order valence-corrected chi connectivity index (χ1v) is 8.33. The molecule has 0 atom stereocenters. The van der Waals surface area contributed by atoms with E-state index >= 15 is 0 Å². The van der Waals surface area contributed by atoms with E-state index in [1.54, 1.807) is 7.05 Å². The van der Waals surface area contributed by atoms with Crippen LogP contribution in [-0.2, 0) is 11.0 Å². The van der Waals surface area contributed by atoms with Crippen LogP contribution in [0.5, 0.6) is 5.75 Å². The van der Waals surface area contributed by atoms with Crippen molar-refractivity contribution < 1.29 is 27.5 Å². The lowest BCUT2D eigenvalue weighted by molar-refractivity contribution is -0.137. The molecular formula is C19H21F3N2O3. The molecular weight excluding hydrogens is 361 g/mol. The number of hydrogen-bond acceptors (Lipinski definition) is 4. The monoisotopic (exact) mass is 382 g/mol. The molecule has 0 unspecified atom stereocenters. The standard InChI is InChI=1S/C19H21F3N2O3/c1-18(7-8-18)12-27-16-11-13(19(20,21)22)3-4-15(16)17(26)24-14(6-10-25)5-9-23-2/h3-6,9-11,23H,7-8,12H2,1-2H3,(H,24,26)/b9-5-,14-6+. The fourth-order valence-electron chi connectivity index (χ4n) is 2.20. The molecule has 1 fully saturated rings. The normalized spacial score (nSPS) is 16.1. The van der Waals surface area contributed by atoms with E-state index < -0.39 is 17.6 Å². The molecule has 2 N–H and O–H groups in total. The molecule has 1 amide bonds. The third kappa shape index (κ3) is 5.87. The molecule has 0 bridgehead atoms. The predicted octanol–water partition coefficient (Wildman–Crippen LogP) is 3.43. The Kier molecular flexibility index (Phi) is 6.30. The topological polar surface area (TPSA) is 67.4 Å². The molecule has 1 aromatic carbocycles. The number of carbonyl (C=O) groups is 2. The van der Waals surface area contributed by atoms with Gasteiger partial charge in [0.25, 0.3) is 5.91 Å². The summed E-state index contributed by atoms with van der Waals surface area (Å²) in [6, 6.07) is 2.73. The molecule has 1 aliphatic carbocycles. The van der Waals surface area contributed by atoms with Gasteiger partial charge in [0.05, 0.1) is 17.7 Å². The zero-order chi connectivity index (χ0) is 20.1. The van der Waals surface area contributed by atoms with Crippen LogP contribution in [0.4, 0.5) is 13.2 Å². The lowest BCUT2D eigenvalue weighted by Gasteiger charge is -2.17. The van der Waals surface area contributed by atoms with Gasteiger partial charge in [0.15, 0.2) is 0 Å². The number of aldehydes is 1. The summed E-state index contributed by atoms with van der Waals surface area (Å²) in [5.41, 5.74) is -0.819. The van der Waals surface area contributed by atoms with Gasteiger partial charge in [-0.1, -0.05) is 6.92 Å². The number of benzene rings is 1. The highest BCUT2D eigenvalue weighted by Crippen LogP contribution is 2.45. The van der Waals surface area contributed by atoms with Gasteiger partial charge in [-0.25, -0.2) is 0 Å². The number of allylic oxidation sites excluding steroid dienone is 2. The van der Waals surface area contributed by atoms with E-state index in [0.29, 0.717) is 6.29 Å². The van der Waals surface area contributed by atoms with Crippen molar-refractivity contribution in [3.63, 3.8) is 0 Å². The van der Waals surface area contributed by atoms with Gasteiger partial charge in [-0.2, -0.15) is 13.2 Å². The van der Waals surface area contributed by atoms with Gasteiger partial charge in [0.2, 0.25) is 0 Å². The van der Waals surface area contributed by atoms with Crippen LogP contribution in [0.2, 0.25) is 0 Å². The summed E-state index contributed by atoms with van der Waals surface area (Å²) in [6.07, 6.45) is 1.86.